The van der Waals surface area contributed by atoms with E-state index in [1.807, 2.05) is 61.3 Å². The Balaban J connectivity index is 0.921. The van der Waals surface area contributed by atoms with E-state index in [0.29, 0.717) is 13.1 Å². The van der Waals surface area contributed by atoms with Gasteiger partial charge in [0.25, 0.3) is 0 Å². The summed E-state index contributed by atoms with van der Waals surface area (Å²) in [7, 11) is 1.30. The van der Waals surface area contributed by atoms with E-state index in [9.17, 15) is 14.4 Å². The smallest absolute Gasteiger partial charge is 0.410 e. The second-order valence-electron chi connectivity index (χ2n) is 15.5. The van der Waals surface area contributed by atoms with Crippen molar-refractivity contribution in [3.8, 4) is 22.4 Å². The molecule has 0 unspecified atom stereocenters. The summed E-state index contributed by atoms with van der Waals surface area (Å²) in [5, 5.41) is 5.12. The number of H-pyrrole nitrogens is 2. The lowest BCUT2D eigenvalue weighted by atomic mass is 10.0. The monoisotopic (exact) mass is 795 g/mol. The first-order chi connectivity index (χ1) is 28.2. The van der Waals surface area contributed by atoms with Crippen LogP contribution in [0, 0.1) is 5.92 Å². The number of aromatic nitrogens is 4. The third kappa shape index (κ3) is 7.15. The fourth-order valence-electron chi connectivity index (χ4n) is 8.41. The minimum absolute atomic E-state index is 0.102. The summed E-state index contributed by atoms with van der Waals surface area (Å²) < 4.78 is 12.8. The van der Waals surface area contributed by atoms with Gasteiger partial charge < -0.3 is 29.7 Å². The van der Waals surface area contributed by atoms with Gasteiger partial charge in [-0.3, -0.25) is 9.69 Å². The van der Waals surface area contributed by atoms with Gasteiger partial charge in [0.05, 0.1) is 42.1 Å². The molecule has 3 atom stereocenters. The molecule has 5 heterocycles. The zero-order valence-corrected chi connectivity index (χ0v) is 33.5. The number of carbonyl (C=O) groups is 3. The molecule has 3 amide bonds. The van der Waals surface area contributed by atoms with Gasteiger partial charge in [-0.15, -0.1) is 11.3 Å². The maximum absolute atomic E-state index is 13.7. The molecule has 2 fully saturated rings. The molecule has 0 radical (unpaired) electrons. The molecule has 9 rings (SSSR count). The number of thiophene rings is 1. The van der Waals surface area contributed by atoms with Crippen molar-refractivity contribution in [2.45, 2.75) is 64.3 Å². The molecule has 2 aliphatic rings. The number of benzene rings is 4. The molecule has 12 nitrogen and oxygen atoms in total. The second-order valence-corrected chi connectivity index (χ2v) is 16.6. The van der Waals surface area contributed by atoms with E-state index in [4.69, 9.17) is 19.4 Å². The Morgan fingerprint density at radius 2 is 1.50 bits per heavy atom. The highest BCUT2D eigenvalue weighted by Crippen LogP contribution is 2.40. The topological polar surface area (TPSA) is 146 Å². The number of carbonyl (C=O) groups excluding carboxylic acids is 3. The summed E-state index contributed by atoms with van der Waals surface area (Å²) in [6.07, 6.45) is 4.29. The molecule has 13 heteroatoms. The van der Waals surface area contributed by atoms with E-state index in [2.05, 4.69) is 63.8 Å². The lowest BCUT2D eigenvalue weighted by molar-refractivity contribution is -0.135. The van der Waals surface area contributed by atoms with Gasteiger partial charge in [-0.2, -0.15) is 0 Å². The van der Waals surface area contributed by atoms with Crippen LogP contribution in [-0.4, -0.2) is 74.1 Å². The van der Waals surface area contributed by atoms with E-state index in [0.717, 1.165) is 76.3 Å². The third-order valence-electron chi connectivity index (χ3n) is 11.5. The van der Waals surface area contributed by atoms with Crippen LogP contribution in [0.25, 0.3) is 53.6 Å². The first kappa shape index (κ1) is 37.4. The van der Waals surface area contributed by atoms with Gasteiger partial charge in [0.2, 0.25) is 5.91 Å². The number of hydrogen-bond donors (Lipinski definition) is 3. The van der Waals surface area contributed by atoms with Crippen LogP contribution in [0.2, 0.25) is 0 Å². The van der Waals surface area contributed by atoms with Crippen molar-refractivity contribution >= 4 is 60.6 Å². The number of nitrogens with one attached hydrogen (secondary N) is 3. The van der Waals surface area contributed by atoms with Crippen molar-refractivity contribution in [1.82, 2.24) is 35.1 Å². The van der Waals surface area contributed by atoms with Crippen LogP contribution in [-0.2, 0) is 20.9 Å². The number of fused-ring (bicyclic) bond motifs is 4. The molecule has 296 valence electrons. The number of aromatic amines is 2. The van der Waals surface area contributed by atoms with Gasteiger partial charge >= 0.3 is 12.2 Å². The lowest BCUT2D eigenvalue weighted by Crippen LogP contribution is -2.51. The van der Waals surface area contributed by atoms with E-state index in [1.165, 1.54) is 27.3 Å². The summed E-state index contributed by atoms with van der Waals surface area (Å²) in [5.41, 5.74) is 6.83. The van der Waals surface area contributed by atoms with Crippen LogP contribution < -0.4 is 5.32 Å². The fourth-order valence-corrected chi connectivity index (χ4v) is 9.59. The van der Waals surface area contributed by atoms with Gasteiger partial charge in [-0.25, -0.2) is 19.6 Å². The van der Waals surface area contributed by atoms with Gasteiger partial charge in [0.1, 0.15) is 24.3 Å². The van der Waals surface area contributed by atoms with Crippen molar-refractivity contribution in [1.29, 1.82) is 0 Å². The SMILES string of the molecule is COC(=O)N[C@H](C(=O)N1CCC[C@H]1c1nc2ccc(-c3ccc4c(c3)sc3cc(-c5cnc([C@@H]6CCCN6C(=O)OCc6ccccc6)[nH]5)ccc34)cc2[nH]1)C(C)C. The quantitative estimate of drug-likeness (QED) is 0.132. The van der Waals surface area contributed by atoms with Crippen LogP contribution in [0.4, 0.5) is 9.59 Å². The fraction of sp³-hybridized carbons (Fsp3) is 0.311. The Bertz CT molecular complexity index is 2650. The summed E-state index contributed by atoms with van der Waals surface area (Å²) in [6.45, 7) is 5.31. The third-order valence-corrected chi connectivity index (χ3v) is 12.6. The zero-order chi connectivity index (χ0) is 39.9. The number of imidazole rings is 2. The van der Waals surface area contributed by atoms with Gasteiger partial charge in [0, 0.05) is 38.8 Å². The largest absolute Gasteiger partial charge is 0.453 e. The summed E-state index contributed by atoms with van der Waals surface area (Å²) in [4.78, 5) is 59.1. The van der Waals surface area contributed by atoms with Crippen molar-refractivity contribution in [3.05, 3.63) is 108 Å². The minimum atomic E-state index is -0.685. The molecular weight excluding hydrogens is 751 g/mol. The van der Waals surface area contributed by atoms with Crippen molar-refractivity contribution < 1.29 is 23.9 Å². The molecule has 0 spiro atoms. The predicted octanol–water partition coefficient (Wildman–Crippen LogP) is 9.51. The number of likely N-dealkylation sites (tertiary alicyclic amines) is 2. The molecule has 7 aromatic rings. The van der Waals surface area contributed by atoms with Gasteiger partial charge in [-0.05, 0) is 72.6 Å². The number of nitrogens with zero attached hydrogens (tertiary/aromatic N) is 4. The minimum Gasteiger partial charge on any atom is -0.453 e. The highest BCUT2D eigenvalue weighted by molar-refractivity contribution is 7.25. The van der Waals surface area contributed by atoms with E-state index in [1.54, 1.807) is 16.2 Å². The average Bonchev–Trinajstić information content (AvgIpc) is 4.09. The normalized spacial score (nSPS) is 17.4. The molecule has 58 heavy (non-hydrogen) atoms. The van der Waals surface area contributed by atoms with Gasteiger partial charge in [0.15, 0.2) is 0 Å². The highest BCUT2D eigenvalue weighted by atomic mass is 32.1. The Kier molecular flexibility index (Phi) is 10.1. The summed E-state index contributed by atoms with van der Waals surface area (Å²) >= 11 is 1.76. The standard InChI is InChI=1S/C45H45N7O5S/c1-26(2)40(50-44(54)56-3)43(53)51-19-7-12-37(51)42-47-33-18-15-28(21-34(33)48-42)29-13-16-31-32-17-14-30(23-39(32)58-38(31)22-29)35-24-46-41(49-35)36-11-8-20-52(36)45(55)57-25-27-9-5-4-6-10-27/h4-6,9-10,13-18,21-24,26,36-37,40H,7-8,11-12,19-20,25H2,1-3H3,(H,46,49)(H,47,48)(H,50,54)/t36-,37-,40-/m0/s1. The number of hydrogen-bond acceptors (Lipinski definition) is 8. The molecule has 0 saturated carbocycles. The van der Waals surface area contributed by atoms with Crippen LogP contribution in [0.15, 0.2) is 91.1 Å². The Labute approximate surface area is 339 Å². The number of rotatable bonds is 9. The molecule has 4 aromatic carbocycles. The summed E-state index contributed by atoms with van der Waals surface area (Å²) in [6, 6.07) is 28.0. The number of alkyl carbamates (subject to hydrolysis) is 1. The van der Waals surface area contributed by atoms with Crippen LogP contribution in [0.3, 0.4) is 0 Å². The van der Waals surface area contributed by atoms with Crippen molar-refractivity contribution in [3.63, 3.8) is 0 Å². The second kappa shape index (κ2) is 15.6. The lowest BCUT2D eigenvalue weighted by Gasteiger charge is -2.29. The maximum Gasteiger partial charge on any atom is 0.410 e. The maximum atomic E-state index is 13.7. The van der Waals surface area contributed by atoms with E-state index < -0.39 is 12.1 Å². The zero-order valence-electron chi connectivity index (χ0n) is 32.7. The van der Waals surface area contributed by atoms with E-state index in [-0.39, 0.29) is 36.6 Å². The number of amides is 3. The Morgan fingerprint density at radius 1 is 0.828 bits per heavy atom. The molecule has 0 aliphatic carbocycles. The average molecular weight is 796 g/mol. The first-order valence-corrected chi connectivity index (χ1v) is 20.7. The van der Waals surface area contributed by atoms with Crippen molar-refractivity contribution in [2.75, 3.05) is 20.2 Å². The number of ether oxygens (including phenoxy) is 2. The number of methoxy groups -OCH3 is 1. The van der Waals surface area contributed by atoms with Crippen LogP contribution in [0.5, 0.6) is 0 Å². The Hall–Kier alpha value is -6.21. The van der Waals surface area contributed by atoms with Crippen LogP contribution in [0.1, 0.15) is 68.8 Å². The van der Waals surface area contributed by atoms with Crippen molar-refractivity contribution in [2.24, 2.45) is 5.92 Å². The molecule has 2 aliphatic heterocycles. The molecule has 3 aromatic heterocycles. The Morgan fingerprint density at radius 3 is 2.24 bits per heavy atom. The molecule has 0 bridgehead atoms. The molecule has 3 N–H and O–H groups in total. The predicted molar refractivity (Wildman–Crippen MR) is 225 cm³/mol. The molecule has 2 saturated heterocycles. The van der Waals surface area contributed by atoms with Crippen LogP contribution >= 0.6 is 11.3 Å². The first-order valence-electron chi connectivity index (χ1n) is 19.9. The summed E-state index contributed by atoms with van der Waals surface area (Å²) in [5.74, 6) is 1.29. The highest BCUT2D eigenvalue weighted by Gasteiger charge is 2.38. The molecular formula is C45H45N7O5S. The van der Waals surface area contributed by atoms with Gasteiger partial charge in [-0.1, -0.05) is 74.5 Å². The van der Waals surface area contributed by atoms with E-state index >= 15 is 0 Å².